The van der Waals surface area contributed by atoms with Gasteiger partial charge in [-0.2, -0.15) is 0 Å². The number of fused-ring (bicyclic) bond motifs is 1. The molecule has 0 unspecified atom stereocenters. The van der Waals surface area contributed by atoms with Gasteiger partial charge in [-0.05, 0) is 51.7 Å². The van der Waals surface area contributed by atoms with E-state index in [1.54, 1.807) is 0 Å². The molecule has 1 N–H and O–H groups in total. The SMILES string of the molecule is CN1C[C@H](C(=O)NCCN2CCCC2)C[C@@H]2CC3(CC[C@H]21)OCCO3. The lowest BCUT2D eigenvalue weighted by atomic mass is 9.72. The van der Waals surface area contributed by atoms with Crippen LogP contribution in [0.4, 0.5) is 0 Å². The number of hydrogen-bond donors (Lipinski definition) is 1. The first-order valence-corrected chi connectivity index (χ1v) is 10.1. The van der Waals surface area contributed by atoms with Gasteiger partial charge in [0.2, 0.25) is 5.91 Å². The topological polar surface area (TPSA) is 54.0 Å². The quantitative estimate of drug-likeness (QED) is 0.821. The van der Waals surface area contributed by atoms with Crippen LogP contribution < -0.4 is 5.32 Å². The lowest BCUT2D eigenvalue weighted by Crippen LogP contribution is -2.55. The maximum atomic E-state index is 12.7. The molecule has 1 amide bonds. The third-order valence-corrected chi connectivity index (χ3v) is 6.71. The molecule has 25 heavy (non-hydrogen) atoms. The molecule has 0 bridgehead atoms. The van der Waals surface area contributed by atoms with E-state index in [0.29, 0.717) is 25.2 Å². The van der Waals surface area contributed by atoms with Crippen molar-refractivity contribution in [1.82, 2.24) is 15.1 Å². The molecular weight excluding hydrogens is 318 g/mol. The van der Waals surface area contributed by atoms with Crippen LogP contribution in [0, 0.1) is 11.8 Å². The number of likely N-dealkylation sites (tertiary alicyclic amines) is 2. The molecule has 0 aromatic rings. The predicted octanol–water partition coefficient (Wildman–Crippen LogP) is 1.06. The van der Waals surface area contributed by atoms with Gasteiger partial charge in [0.05, 0.1) is 19.1 Å². The van der Waals surface area contributed by atoms with Gasteiger partial charge in [-0.25, -0.2) is 0 Å². The molecule has 0 radical (unpaired) electrons. The third-order valence-electron chi connectivity index (χ3n) is 6.71. The summed E-state index contributed by atoms with van der Waals surface area (Å²) in [6.07, 6.45) is 6.63. The van der Waals surface area contributed by atoms with Crippen molar-refractivity contribution >= 4 is 5.91 Å². The van der Waals surface area contributed by atoms with Gasteiger partial charge in [-0.1, -0.05) is 0 Å². The second-order valence-electron chi connectivity index (χ2n) is 8.39. The molecule has 1 aliphatic carbocycles. The second kappa shape index (κ2) is 7.51. The van der Waals surface area contributed by atoms with Gasteiger partial charge in [-0.3, -0.25) is 4.79 Å². The standard InChI is InChI=1S/C19H33N3O3/c1-21-14-16(18(23)20-6-9-22-7-2-3-8-22)12-15-13-19(5-4-17(15)21)24-10-11-25-19/h15-17H,2-14H2,1H3,(H,20,23)/t15-,16-,17-/m1/s1. The summed E-state index contributed by atoms with van der Waals surface area (Å²) in [4.78, 5) is 17.5. The molecule has 3 atom stereocenters. The summed E-state index contributed by atoms with van der Waals surface area (Å²) in [5.41, 5.74) is 0. The summed E-state index contributed by atoms with van der Waals surface area (Å²) in [5.74, 6) is 0.481. The molecule has 3 saturated heterocycles. The molecule has 4 aliphatic rings. The fourth-order valence-electron chi connectivity index (χ4n) is 5.42. The molecule has 0 aromatic carbocycles. The molecule has 1 saturated carbocycles. The Labute approximate surface area is 151 Å². The summed E-state index contributed by atoms with van der Waals surface area (Å²) < 4.78 is 11.9. The summed E-state index contributed by atoms with van der Waals surface area (Å²) in [7, 11) is 2.18. The van der Waals surface area contributed by atoms with Gasteiger partial charge in [0, 0.05) is 38.5 Å². The highest BCUT2D eigenvalue weighted by atomic mass is 16.7. The van der Waals surface area contributed by atoms with Crippen molar-refractivity contribution in [2.75, 3.05) is 53.0 Å². The number of amides is 1. The number of carbonyl (C=O) groups excluding carboxylic acids is 1. The molecular formula is C19H33N3O3. The van der Waals surface area contributed by atoms with Crippen LogP contribution in [0.1, 0.15) is 38.5 Å². The van der Waals surface area contributed by atoms with E-state index in [1.807, 2.05) is 0 Å². The highest BCUT2D eigenvalue weighted by Gasteiger charge is 2.49. The van der Waals surface area contributed by atoms with Crippen molar-refractivity contribution in [3.63, 3.8) is 0 Å². The Morgan fingerprint density at radius 3 is 2.76 bits per heavy atom. The van der Waals surface area contributed by atoms with Crippen molar-refractivity contribution in [2.24, 2.45) is 11.8 Å². The molecule has 3 heterocycles. The minimum atomic E-state index is -0.351. The highest BCUT2D eigenvalue weighted by Crippen LogP contribution is 2.44. The lowest BCUT2D eigenvalue weighted by Gasteiger charge is -2.49. The predicted molar refractivity (Wildman–Crippen MR) is 95.2 cm³/mol. The Kier molecular flexibility index (Phi) is 5.32. The van der Waals surface area contributed by atoms with Crippen molar-refractivity contribution in [3.05, 3.63) is 0 Å². The Morgan fingerprint density at radius 2 is 2.00 bits per heavy atom. The fraction of sp³-hybridized carbons (Fsp3) is 0.947. The van der Waals surface area contributed by atoms with Gasteiger partial charge in [0.15, 0.2) is 5.79 Å². The largest absolute Gasteiger partial charge is 0.355 e. The summed E-state index contributed by atoms with van der Waals surface area (Å²) in [6.45, 7) is 6.46. The van der Waals surface area contributed by atoms with Crippen LogP contribution >= 0.6 is 0 Å². The first-order valence-electron chi connectivity index (χ1n) is 10.1. The average molecular weight is 351 g/mol. The van der Waals surface area contributed by atoms with Crippen molar-refractivity contribution in [2.45, 2.75) is 50.4 Å². The number of nitrogens with zero attached hydrogens (tertiary/aromatic N) is 2. The maximum absolute atomic E-state index is 12.7. The normalized spacial score (nSPS) is 35.8. The summed E-state index contributed by atoms with van der Waals surface area (Å²) in [6, 6.07) is 0.576. The van der Waals surface area contributed by atoms with Gasteiger partial charge in [-0.15, -0.1) is 0 Å². The van der Waals surface area contributed by atoms with Crippen molar-refractivity contribution in [1.29, 1.82) is 0 Å². The zero-order valence-electron chi connectivity index (χ0n) is 15.5. The van der Waals surface area contributed by atoms with Crippen LogP contribution in [0.3, 0.4) is 0 Å². The monoisotopic (exact) mass is 351 g/mol. The van der Waals surface area contributed by atoms with Gasteiger partial charge < -0.3 is 24.6 Å². The zero-order chi connectivity index (χ0) is 17.3. The number of piperidine rings is 1. The van der Waals surface area contributed by atoms with E-state index in [1.165, 1.54) is 25.9 Å². The van der Waals surface area contributed by atoms with E-state index in [2.05, 4.69) is 22.2 Å². The second-order valence-corrected chi connectivity index (χ2v) is 8.39. The number of rotatable bonds is 4. The van der Waals surface area contributed by atoms with Crippen LogP contribution in [0.2, 0.25) is 0 Å². The molecule has 0 aromatic heterocycles. The minimum Gasteiger partial charge on any atom is -0.355 e. The molecule has 6 heteroatoms. The van der Waals surface area contributed by atoms with Crippen LogP contribution in [0.15, 0.2) is 0 Å². The highest BCUT2D eigenvalue weighted by molar-refractivity contribution is 5.79. The Morgan fingerprint density at radius 1 is 1.24 bits per heavy atom. The number of hydrogen-bond acceptors (Lipinski definition) is 5. The molecule has 3 aliphatic heterocycles. The van der Waals surface area contributed by atoms with E-state index in [-0.39, 0.29) is 17.6 Å². The summed E-state index contributed by atoms with van der Waals surface area (Å²) >= 11 is 0. The van der Waals surface area contributed by atoms with E-state index in [0.717, 1.165) is 45.3 Å². The van der Waals surface area contributed by atoms with Crippen molar-refractivity contribution in [3.8, 4) is 0 Å². The molecule has 142 valence electrons. The first-order chi connectivity index (χ1) is 12.2. The zero-order valence-corrected chi connectivity index (χ0v) is 15.5. The van der Waals surface area contributed by atoms with E-state index < -0.39 is 0 Å². The Balaban J connectivity index is 1.29. The summed E-state index contributed by atoms with van der Waals surface area (Å²) in [5, 5.41) is 3.19. The van der Waals surface area contributed by atoms with Crippen LogP contribution in [-0.2, 0) is 14.3 Å². The number of carbonyl (C=O) groups is 1. The molecule has 1 spiro atoms. The number of ether oxygens (including phenoxy) is 2. The average Bonchev–Trinajstić information content (AvgIpc) is 3.27. The van der Waals surface area contributed by atoms with Gasteiger partial charge in [0.1, 0.15) is 0 Å². The van der Waals surface area contributed by atoms with Crippen molar-refractivity contribution < 1.29 is 14.3 Å². The van der Waals surface area contributed by atoms with Gasteiger partial charge >= 0.3 is 0 Å². The molecule has 4 fully saturated rings. The Hall–Kier alpha value is -0.690. The van der Waals surface area contributed by atoms with E-state index in [9.17, 15) is 4.79 Å². The van der Waals surface area contributed by atoms with Crippen LogP contribution in [-0.4, -0.2) is 80.5 Å². The molecule has 6 nitrogen and oxygen atoms in total. The van der Waals surface area contributed by atoms with Crippen LogP contribution in [0.5, 0.6) is 0 Å². The Bertz CT molecular complexity index is 475. The van der Waals surface area contributed by atoms with E-state index >= 15 is 0 Å². The smallest absolute Gasteiger partial charge is 0.224 e. The lowest BCUT2D eigenvalue weighted by molar-refractivity contribution is -0.202. The maximum Gasteiger partial charge on any atom is 0.224 e. The van der Waals surface area contributed by atoms with Gasteiger partial charge in [0.25, 0.3) is 0 Å². The number of nitrogens with one attached hydrogen (secondary N) is 1. The van der Waals surface area contributed by atoms with E-state index in [4.69, 9.17) is 9.47 Å². The fourth-order valence-corrected chi connectivity index (χ4v) is 5.42. The minimum absolute atomic E-state index is 0.0985. The van der Waals surface area contributed by atoms with Crippen LogP contribution in [0.25, 0.3) is 0 Å². The third kappa shape index (κ3) is 3.87. The molecule has 4 rings (SSSR count). The first kappa shape index (κ1) is 17.7.